The van der Waals surface area contributed by atoms with Crippen LogP contribution in [0.15, 0.2) is 24.4 Å². The number of aryl methyl sites for hydroxylation is 1. The third-order valence-corrected chi connectivity index (χ3v) is 4.90. The summed E-state index contributed by atoms with van der Waals surface area (Å²) in [6, 6.07) is 4.29. The lowest BCUT2D eigenvalue weighted by Gasteiger charge is -2.12. The number of amides is 1. The molecule has 0 fully saturated rings. The lowest BCUT2D eigenvalue weighted by molar-refractivity contribution is -0.144. The number of thiazole rings is 1. The van der Waals surface area contributed by atoms with Gasteiger partial charge in [-0.3, -0.25) is 4.79 Å². The number of hydrogen-bond acceptors (Lipinski definition) is 7. The highest BCUT2D eigenvalue weighted by molar-refractivity contribution is 7.17. The van der Waals surface area contributed by atoms with Crippen molar-refractivity contribution in [2.45, 2.75) is 20.0 Å². The van der Waals surface area contributed by atoms with Crippen LogP contribution >= 0.6 is 22.9 Å². The van der Waals surface area contributed by atoms with Gasteiger partial charge in [0, 0.05) is 11.6 Å². The Labute approximate surface area is 171 Å². The Morgan fingerprint density at radius 3 is 2.66 bits per heavy atom. The van der Waals surface area contributed by atoms with Crippen LogP contribution in [-0.4, -0.2) is 26.0 Å². The molecule has 0 unspecified atom stereocenters. The van der Waals surface area contributed by atoms with Crippen LogP contribution in [0.2, 0.25) is 5.15 Å². The van der Waals surface area contributed by atoms with Crippen LogP contribution in [0.3, 0.4) is 0 Å². The minimum absolute atomic E-state index is 0.0404. The van der Waals surface area contributed by atoms with Crippen LogP contribution in [0.5, 0.6) is 5.75 Å². The van der Waals surface area contributed by atoms with E-state index in [1.165, 1.54) is 12.3 Å². The molecule has 3 rings (SSSR count). The van der Waals surface area contributed by atoms with Crippen molar-refractivity contribution in [2.24, 2.45) is 0 Å². The van der Waals surface area contributed by atoms with Crippen molar-refractivity contribution < 1.29 is 23.1 Å². The van der Waals surface area contributed by atoms with Gasteiger partial charge in [0.1, 0.15) is 21.6 Å². The summed E-state index contributed by atoms with van der Waals surface area (Å²) in [6.07, 6.45) is -3.49. The summed E-state index contributed by atoms with van der Waals surface area (Å²) >= 11 is 6.53. The number of nitrogens with one attached hydrogen (secondary N) is 2. The van der Waals surface area contributed by atoms with E-state index in [1.54, 1.807) is 19.9 Å². The van der Waals surface area contributed by atoms with Gasteiger partial charge in [0.15, 0.2) is 5.13 Å². The number of halogens is 4. The van der Waals surface area contributed by atoms with Gasteiger partial charge in [-0.1, -0.05) is 29.0 Å². The number of phenolic OH excluding ortho intramolecular Hbond substituents is 1. The van der Waals surface area contributed by atoms with Gasteiger partial charge >= 0.3 is 6.18 Å². The molecule has 0 aliphatic carbocycles. The number of alkyl halides is 3. The Morgan fingerprint density at radius 2 is 1.97 bits per heavy atom. The molecule has 1 amide bonds. The first-order chi connectivity index (χ1) is 13.5. The summed E-state index contributed by atoms with van der Waals surface area (Å²) in [5.41, 5.74) is 1.73. The molecule has 0 saturated heterocycles. The van der Waals surface area contributed by atoms with Crippen LogP contribution in [0.25, 0.3) is 0 Å². The number of carbonyl (C=O) groups is 1. The minimum atomic E-state index is -4.76. The lowest BCUT2D eigenvalue weighted by Crippen LogP contribution is -2.12. The first-order valence-electron chi connectivity index (χ1n) is 7.99. The highest BCUT2D eigenvalue weighted by Crippen LogP contribution is 2.31. The van der Waals surface area contributed by atoms with Gasteiger partial charge in [0.2, 0.25) is 5.82 Å². The molecule has 0 bridgehead atoms. The highest BCUT2D eigenvalue weighted by Gasteiger charge is 2.35. The second-order valence-electron chi connectivity index (χ2n) is 5.91. The van der Waals surface area contributed by atoms with E-state index >= 15 is 0 Å². The van der Waals surface area contributed by atoms with Gasteiger partial charge < -0.3 is 15.7 Å². The topological polar surface area (TPSA) is 100 Å². The van der Waals surface area contributed by atoms with Gasteiger partial charge in [0.05, 0.1) is 11.9 Å². The molecule has 1 aromatic carbocycles. The molecule has 3 N–H and O–H groups in total. The van der Waals surface area contributed by atoms with Gasteiger partial charge in [-0.25, -0.2) is 15.0 Å². The normalized spacial score (nSPS) is 11.4. The van der Waals surface area contributed by atoms with Crippen LogP contribution in [-0.2, 0) is 6.18 Å². The van der Waals surface area contributed by atoms with Gasteiger partial charge in [-0.15, -0.1) is 0 Å². The molecule has 0 radical (unpaired) electrons. The maximum absolute atomic E-state index is 12.8. The number of aromatic nitrogens is 3. The largest absolute Gasteiger partial charge is 0.508 e. The zero-order valence-corrected chi connectivity index (χ0v) is 16.5. The molecule has 0 aliphatic rings. The fourth-order valence-electron chi connectivity index (χ4n) is 2.36. The Kier molecular flexibility index (Phi) is 5.62. The molecule has 0 spiro atoms. The monoisotopic (exact) mass is 443 g/mol. The van der Waals surface area contributed by atoms with Crippen LogP contribution in [0.1, 0.15) is 26.6 Å². The first kappa shape index (κ1) is 20.8. The maximum Gasteiger partial charge on any atom is 0.451 e. The van der Waals surface area contributed by atoms with E-state index in [0.29, 0.717) is 11.3 Å². The summed E-state index contributed by atoms with van der Waals surface area (Å²) in [5.74, 6) is -2.04. The Hall–Kier alpha value is -2.92. The first-order valence-corrected chi connectivity index (χ1v) is 9.19. The standard InChI is InChI=1S/C17H13ClF3N5O2S/c1-7-3-4-9(27)8(2)13(7)26-14(28)10-6-22-16(29-10)25-12-5-11(18)23-15(24-12)17(19,20)21/h3-6,27H,1-2H3,(H,26,28)(H,22,23,24,25). The molecule has 0 atom stereocenters. The van der Waals surface area contributed by atoms with Crippen molar-refractivity contribution in [1.29, 1.82) is 0 Å². The lowest BCUT2D eigenvalue weighted by atomic mass is 10.1. The Morgan fingerprint density at radius 1 is 1.24 bits per heavy atom. The van der Waals surface area contributed by atoms with E-state index in [-0.39, 0.29) is 26.7 Å². The summed E-state index contributed by atoms with van der Waals surface area (Å²) in [5, 5.41) is 14.8. The van der Waals surface area contributed by atoms with Crippen LogP contribution in [0.4, 0.5) is 29.8 Å². The summed E-state index contributed by atoms with van der Waals surface area (Å²) in [4.78, 5) is 23.2. The van der Waals surface area contributed by atoms with Crippen molar-refractivity contribution in [3.05, 3.63) is 51.4 Å². The second-order valence-corrected chi connectivity index (χ2v) is 7.33. The molecule has 29 heavy (non-hydrogen) atoms. The zero-order chi connectivity index (χ0) is 21.3. The van der Waals surface area contributed by atoms with E-state index in [2.05, 4.69) is 25.6 Å². The Balaban J connectivity index is 1.79. The highest BCUT2D eigenvalue weighted by atomic mass is 35.5. The van der Waals surface area contributed by atoms with Crippen molar-refractivity contribution in [3.8, 4) is 5.75 Å². The quantitative estimate of drug-likeness (QED) is 0.495. The molecule has 3 aromatic rings. The zero-order valence-electron chi connectivity index (χ0n) is 14.9. The summed E-state index contributed by atoms with van der Waals surface area (Å²) < 4.78 is 38.4. The maximum atomic E-state index is 12.8. The molecule has 2 aromatic heterocycles. The number of aromatic hydroxyl groups is 1. The summed E-state index contributed by atoms with van der Waals surface area (Å²) in [6.45, 7) is 3.44. The molecular formula is C17H13ClF3N5O2S. The molecule has 152 valence electrons. The third kappa shape index (κ3) is 4.74. The predicted molar refractivity (Wildman–Crippen MR) is 103 cm³/mol. The van der Waals surface area contributed by atoms with Crippen LogP contribution < -0.4 is 10.6 Å². The number of benzene rings is 1. The van der Waals surface area contributed by atoms with Crippen molar-refractivity contribution in [1.82, 2.24) is 15.0 Å². The molecule has 0 aliphatic heterocycles. The van der Waals surface area contributed by atoms with Gasteiger partial charge in [-0.2, -0.15) is 13.2 Å². The third-order valence-electron chi connectivity index (χ3n) is 3.80. The molecule has 7 nitrogen and oxygen atoms in total. The van der Waals surface area contributed by atoms with E-state index in [0.717, 1.165) is 23.0 Å². The van der Waals surface area contributed by atoms with Crippen molar-refractivity contribution in [3.63, 3.8) is 0 Å². The SMILES string of the molecule is Cc1ccc(O)c(C)c1NC(=O)c1cnc(Nc2cc(Cl)nc(C(F)(F)F)n2)s1. The number of hydrogen-bond donors (Lipinski definition) is 3. The van der Waals surface area contributed by atoms with E-state index in [4.69, 9.17) is 11.6 Å². The fraction of sp³-hybridized carbons (Fsp3) is 0.176. The molecule has 2 heterocycles. The number of carbonyl (C=O) groups excluding carboxylic acids is 1. The van der Waals surface area contributed by atoms with E-state index in [9.17, 15) is 23.1 Å². The molecular weight excluding hydrogens is 431 g/mol. The predicted octanol–water partition coefficient (Wildman–Crippen LogP) is 4.92. The van der Waals surface area contributed by atoms with E-state index in [1.807, 2.05) is 0 Å². The van der Waals surface area contributed by atoms with Gasteiger partial charge in [-0.05, 0) is 25.5 Å². The second kappa shape index (κ2) is 7.84. The smallest absolute Gasteiger partial charge is 0.451 e. The van der Waals surface area contributed by atoms with E-state index < -0.39 is 17.9 Å². The molecule has 0 saturated carbocycles. The number of rotatable bonds is 4. The number of anilines is 3. The summed E-state index contributed by atoms with van der Waals surface area (Å²) in [7, 11) is 0. The van der Waals surface area contributed by atoms with Gasteiger partial charge in [0.25, 0.3) is 5.91 Å². The fourth-order valence-corrected chi connectivity index (χ4v) is 3.26. The van der Waals surface area contributed by atoms with Crippen molar-refractivity contribution in [2.75, 3.05) is 10.6 Å². The average molecular weight is 444 g/mol. The van der Waals surface area contributed by atoms with Crippen molar-refractivity contribution >= 4 is 45.5 Å². The average Bonchev–Trinajstić information content (AvgIpc) is 3.09. The molecule has 12 heteroatoms. The minimum Gasteiger partial charge on any atom is -0.508 e. The van der Waals surface area contributed by atoms with Crippen LogP contribution in [0, 0.1) is 13.8 Å². The number of phenols is 1. The Bertz CT molecular complexity index is 1090. The number of nitrogens with zero attached hydrogens (tertiary/aromatic N) is 3.